The number of rotatable bonds is 0. The highest BCUT2D eigenvalue weighted by Gasteiger charge is 2.87. The van der Waals surface area contributed by atoms with Gasteiger partial charge in [-0.05, 0) is 25.7 Å². The normalized spacial score (nSPS) is 45.9. The van der Waals surface area contributed by atoms with Crippen molar-refractivity contribution in [3.63, 3.8) is 0 Å². The highest BCUT2D eigenvalue weighted by atomic mass is 35.6. The monoisotopic (exact) mass is 602 g/mol. The summed E-state index contributed by atoms with van der Waals surface area (Å²) in [5, 5.41) is 0. The molecule has 2 rings (SSSR count). The first-order valence-electron chi connectivity index (χ1n) is 7.53. The zero-order valence-corrected chi connectivity index (χ0v) is 22.4. The molecular weight excluding hydrogens is 594 g/mol. The van der Waals surface area contributed by atoms with Gasteiger partial charge in [0.1, 0.15) is 4.87 Å². The molecule has 154 valence electrons. The fourth-order valence-electron chi connectivity index (χ4n) is 3.68. The van der Waals surface area contributed by atoms with Crippen LogP contribution in [0, 0.1) is 11.8 Å². The Morgan fingerprint density at radius 1 is 0.615 bits per heavy atom. The van der Waals surface area contributed by atoms with E-state index in [0.29, 0.717) is 19.3 Å². The predicted octanol–water partition coefficient (Wildman–Crippen LogP) is 9.28. The van der Waals surface area contributed by atoms with Crippen LogP contribution in [-0.4, -0.2) is 31.4 Å². The van der Waals surface area contributed by atoms with Gasteiger partial charge in [0, 0.05) is 5.92 Å². The Kier molecular flexibility index (Phi) is 7.17. The quantitative estimate of drug-likeness (QED) is 0.241. The van der Waals surface area contributed by atoms with Gasteiger partial charge in [-0.15, -0.1) is 23.2 Å². The van der Waals surface area contributed by atoms with E-state index in [9.17, 15) is 0 Å². The third kappa shape index (κ3) is 2.90. The first-order chi connectivity index (χ1) is 11.3. The number of fused-ring (bicyclic) bond motifs is 1. The maximum atomic E-state index is 7.02. The fourth-order valence-corrected chi connectivity index (χ4v) is 9.11. The molecule has 0 aromatic heterocycles. The van der Waals surface area contributed by atoms with Crippen molar-refractivity contribution in [1.82, 2.24) is 0 Å². The molecule has 4 unspecified atom stereocenters. The molecule has 26 heavy (non-hydrogen) atoms. The largest absolute Gasteiger partial charge is 0.188 e. The summed E-state index contributed by atoms with van der Waals surface area (Å²) >= 11 is 79.5. The molecule has 0 aliphatic heterocycles. The van der Waals surface area contributed by atoms with Crippen molar-refractivity contribution in [2.24, 2.45) is 11.8 Å². The van der Waals surface area contributed by atoms with Gasteiger partial charge in [0.15, 0.2) is 21.7 Å². The van der Waals surface area contributed by atoms with Crippen molar-refractivity contribution in [3.05, 3.63) is 0 Å². The lowest BCUT2D eigenvalue weighted by Gasteiger charge is -2.67. The van der Waals surface area contributed by atoms with Crippen LogP contribution in [0.2, 0.25) is 0 Å². The molecule has 0 N–H and O–H groups in total. The van der Waals surface area contributed by atoms with Gasteiger partial charge in [-0.1, -0.05) is 129 Å². The minimum atomic E-state index is -2.36. The Balaban J connectivity index is 2.90. The molecule has 2 saturated carbocycles. The molecule has 2 aliphatic rings. The summed E-state index contributed by atoms with van der Waals surface area (Å²) in [5.41, 5.74) is 0. The van der Waals surface area contributed by atoms with Crippen LogP contribution in [0.3, 0.4) is 0 Å². The Morgan fingerprint density at radius 3 is 1.54 bits per heavy atom. The highest BCUT2D eigenvalue weighted by Crippen LogP contribution is 2.78. The minimum Gasteiger partial charge on any atom is -0.116 e. The average molecular weight is 608 g/mol. The third-order valence-corrected chi connectivity index (χ3v) is 14.9. The van der Waals surface area contributed by atoms with E-state index in [1.807, 2.05) is 6.92 Å². The average Bonchev–Trinajstić information content (AvgIpc) is 2.47. The molecule has 0 heterocycles. The molecule has 0 radical (unpaired) electrons. The van der Waals surface area contributed by atoms with Crippen molar-refractivity contribution in [2.75, 3.05) is 0 Å². The van der Waals surface area contributed by atoms with Crippen LogP contribution in [-0.2, 0) is 0 Å². The number of hydrogen-bond acceptors (Lipinski definition) is 0. The Morgan fingerprint density at radius 2 is 1.08 bits per heavy atom. The first-order valence-corrected chi connectivity index (χ1v) is 12.1. The predicted molar refractivity (Wildman–Crippen MR) is 122 cm³/mol. The third-order valence-electron chi connectivity index (χ3n) is 5.71. The summed E-state index contributed by atoms with van der Waals surface area (Å²) < 4.78 is -10.8. The lowest BCUT2D eigenvalue weighted by molar-refractivity contribution is 0.134. The smallest absolute Gasteiger partial charge is 0.116 e. The highest BCUT2D eigenvalue weighted by molar-refractivity contribution is 6.77. The molecule has 0 saturated heterocycles. The molecule has 0 amide bonds. The maximum Gasteiger partial charge on any atom is 0.188 e. The lowest BCUT2D eigenvalue weighted by atomic mass is 9.65. The van der Waals surface area contributed by atoms with E-state index in [0.717, 1.165) is 0 Å². The van der Waals surface area contributed by atoms with Gasteiger partial charge in [0.25, 0.3) is 0 Å². The minimum absolute atomic E-state index is 0.168. The Bertz CT molecular complexity index is 570. The van der Waals surface area contributed by atoms with E-state index in [1.54, 1.807) is 6.92 Å². The molecule has 0 bridgehead atoms. The number of hydrogen-bond donors (Lipinski definition) is 0. The molecule has 0 aromatic carbocycles. The summed E-state index contributed by atoms with van der Waals surface area (Å²) in [5.74, 6) is -1.17. The Hall–Kier alpha value is 3.48. The second kappa shape index (κ2) is 7.25. The summed E-state index contributed by atoms with van der Waals surface area (Å²) in [6, 6.07) is 0. The zero-order valence-electron chi connectivity index (χ0n) is 13.3. The first kappa shape index (κ1) is 25.7. The molecular formula is C14H14Cl12. The topological polar surface area (TPSA) is 0 Å². The van der Waals surface area contributed by atoms with E-state index in [2.05, 4.69) is 0 Å². The maximum absolute atomic E-state index is 7.02. The molecule has 0 aromatic rings. The molecule has 4 atom stereocenters. The molecule has 0 nitrogen and oxygen atoms in total. The van der Waals surface area contributed by atoms with Gasteiger partial charge in [-0.25, -0.2) is 0 Å². The van der Waals surface area contributed by atoms with Crippen molar-refractivity contribution in [1.29, 1.82) is 0 Å². The van der Waals surface area contributed by atoms with Crippen LogP contribution in [0.4, 0.5) is 0 Å². The SMILES string of the molecule is CC1CCCC2C(Cl)(Cl)C(Cl)(Cl)C(Cl)(Cl)C(Cl)(Cl)C2(Cl)C(Cl)(Cl)C1(C)Cl. The van der Waals surface area contributed by atoms with Crippen LogP contribution < -0.4 is 0 Å². The van der Waals surface area contributed by atoms with Crippen LogP contribution >= 0.6 is 139 Å². The zero-order chi connectivity index (χ0) is 20.8. The molecule has 12 heteroatoms. The van der Waals surface area contributed by atoms with Crippen molar-refractivity contribution in [3.8, 4) is 0 Å². The summed E-state index contributed by atoms with van der Waals surface area (Å²) in [4.78, 5) is -3.31. The Labute approximate surface area is 213 Å². The van der Waals surface area contributed by atoms with Gasteiger partial charge in [0.2, 0.25) is 0 Å². The van der Waals surface area contributed by atoms with Crippen LogP contribution in [0.15, 0.2) is 0 Å². The molecule has 0 spiro atoms. The second-order valence-corrected chi connectivity index (χ2v) is 15.2. The van der Waals surface area contributed by atoms with Gasteiger partial charge in [-0.2, -0.15) is 0 Å². The van der Waals surface area contributed by atoms with E-state index in [-0.39, 0.29) is 5.92 Å². The molecule has 2 fully saturated rings. The number of alkyl halides is 12. The van der Waals surface area contributed by atoms with E-state index < -0.39 is 37.3 Å². The summed E-state index contributed by atoms with van der Waals surface area (Å²) in [6.07, 6.45) is 1.58. The molecule has 2 aliphatic carbocycles. The lowest BCUT2D eigenvalue weighted by Crippen LogP contribution is -2.81. The van der Waals surface area contributed by atoms with Crippen LogP contribution in [0.25, 0.3) is 0 Å². The van der Waals surface area contributed by atoms with Crippen molar-refractivity contribution < 1.29 is 0 Å². The number of halogens is 12. The fraction of sp³-hybridized carbons (Fsp3) is 1.00. The van der Waals surface area contributed by atoms with Gasteiger partial charge >= 0.3 is 0 Å². The second-order valence-electron chi connectivity index (χ2n) is 7.09. The van der Waals surface area contributed by atoms with Gasteiger partial charge in [0.05, 0.1) is 4.87 Å². The van der Waals surface area contributed by atoms with Crippen LogP contribution in [0.5, 0.6) is 0 Å². The van der Waals surface area contributed by atoms with Crippen LogP contribution in [0.1, 0.15) is 33.1 Å². The van der Waals surface area contributed by atoms with E-state index >= 15 is 0 Å². The van der Waals surface area contributed by atoms with Crippen molar-refractivity contribution in [2.45, 2.75) is 64.5 Å². The summed E-state index contributed by atoms with van der Waals surface area (Å²) in [6.45, 7) is 3.52. The van der Waals surface area contributed by atoms with Crippen molar-refractivity contribution >= 4 is 139 Å². The standard InChI is InChI=1S/C14H14Cl12/c1-6-4-3-5-7-9(16,11(19,20)8(6,2)15)12(21,22)14(25,26)13(23,24)10(7,17)18/h6-7H,3-5H2,1-2H3. The van der Waals surface area contributed by atoms with E-state index in [1.165, 1.54) is 0 Å². The van der Waals surface area contributed by atoms with E-state index in [4.69, 9.17) is 139 Å². The summed E-state index contributed by atoms with van der Waals surface area (Å²) in [7, 11) is 0. The van der Waals surface area contributed by atoms with Gasteiger partial charge in [-0.3, -0.25) is 0 Å². The van der Waals surface area contributed by atoms with Gasteiger partial charge < -0.3 is 0 Å².